The van der Waals surface area contributed by atoms with Gasteiger partial charge in [-0.05, 0) is 55.5 Å². The van der Waals surface area contributed by atoms with Crippen LogP contribution in [0.3, 0.4) is 0 Å². The number of phenols is 1. The third-order valence-corrected chi connectivity index (χ3v) is 4.78. The summed E-state index contributed by atoms with van der Waals surface area (Å²) >= 11 is 5.75. The molecule has 0 bridgehead atoms. The molecular weight excluding hydrogens is 387 g/mol. The van der Waals surface area contributed by atoms with E-state index in [1.807, 2.05) is 47.6 Å². The van der Waals surface area contributed by atoms with E-state index in [1.165, 1.54) is 12.1 Å². The molecule has 0 saturated heterocycles. The second-order valence-corrected chi connectivity index (χ2v) is 9.48. The van der Waals surface area contributed by atoms with Crippen LogP contribution < -0.4 is 5.32 Å². The summed E-state index contributed by atoms with van der Waals surface area (Å²) in [7, 11) is 0. The van der Waals surface area contributed by atoms with Crippen molar-refractivity contribution in [2.45, 2.75) is 65.2 Å². The zero-order valence-corrected chi connectivity index (χ0v) is 17.8. The molecule has 2 N–H and O–H groups in total. The number of halogens is 4. The van der Waals surface area contributed by atoms with Gasteiger partial charge in [0.1, 0.15) is 5.75 Å². The van der Waals surface area contributed by atoms with Crippen molar-refractivity contribution in [2.24, 2.45) is 0 Å². The first-order chi connectivity index (χ1) is 12.6. The lowest BCUT2D eigenvalue weighted by molar-refractivity contribution is -0.137. The SMILES string of the molecule is CC(C)(C)NCc1cc(C(C)(C)C)cc(-c2ccc(Cl)c(C(F)(F)F)c2)c1O. The minimum Gasteiger partial charge on any atom is -0.507 e. The van der Waals surface area contributed by atoms with Gasteiger partial charge in [0.2, 0.25) is 0 Å². The maximum atomic E-state index is 13.3. The summed E-state index contributed by atoms with van der Waals surface area (Å²) < 4.78 is 39.9. The highest BCUT2D eigenvalue weighted by Gasteiger charge is 2.33. The number of rotatable bonds is 3. The molecule has 0 aliphatic rings. The highest BCUT2D eigenvalue weighted by Crippen LogP contribution is 2.41. The molecule has 0 aromatic heterocycles. The predicted molar refractivity (Wildman–Crippen MR) is 109 cm³/mol. The predicted octanol–water partition coefficient (Wildman–Crippen LogP) is 6.92. The lowest BCUT2D eigenvalue weighted by atomic mass is 9.83. The van der Waals surface area contributed by atoms with E-state index in [1.54, 1.807) is 6.07 Å². The molecule has 0 atom stereocenters. The van der Waals surface area contributed by atoms with Crippen LogP contribution in [0.15, 0.2) is 30.3 Å². The minimum absolute atomic E-state index is 0.0276. The Morgan fingerprint density at radius 2 is 1.57 bits per heavy atom. The van der Waals surface area contributed by atoms with Gasteiger partial charge in [0.15, 0.2) is 0 Å². The number of aromatic hydroxyl groups is 1. The number of hydrogen-bond donors (Lipinski definition) is 2. The Hall–Kier alpha value is -1.72. The molecular formula is C22H27ClF3NO. The van der Waals surface area contributed by atoms with Crippen molar-refractivity contribution in [1.29, 1.82) is 0 Å². The van der Waals surface area contributed by atoms with Crippen LogP contribution in [0.25, 0.3) is 11.1 Å². The molecule has 0 aliphatic carbocycles. The molecule has 0 saturated carbocycles. The largest absolute Gasteiger partial charge is 0.507 e. The average molecular weight is 414 g/mol. The number of hydrogen-bond acceptors (Lipinski definition) is 2. The Bertz CT molecular complexity index is 862. The fourth-order valence-electron chi connectivity index (χ4n) is 2.75. The Balaban J connectivity index is 2.66. The van der Waals surface area contributed by atoms with Gasteiger partial charge in [-0.25, -0.2) is 0 Å². The van der Waals surface area contributed by atoms with E-state index < -0.39 is 11.7 Å². The number of alkyl halides is 3. The first-order valence-electron chi connectivity index (χ1n) is 9.08. The highest BCUT2D eigenvalue weighted by atomic mass is 35.5. The molecule has 0 heterocycles. The molecule has 0 amide bonds. The number of nitrogens with one attached hydrogen (secondary N) is 1. The molecule has 28 heavy (non-hydrogen) atoms. The number of benzene rings is 2. The van der Waals surface area contributed by atoms with E-state index in [2.05, 4.69) is 5.32 Å². The third kappa shape index (κ3) is 5.42. The summed E-state index contributed by atoms with van der Waals surface area (Å²) in [5.74, 6) is -0.0276. The fourth-order valence-corrected chi connectivity index (χ4v) is 2.98. The Morgan fingerprint density at radius 3 is 2.07 bits per heavy atom. The Kier molecular flexibility index (Phi) is 6.13. The van der Waals surface area contributed by atoms with Crippen LogP contribution in [-0.2, 0) is 18.1 Å². The zero-order valence-electron chi connectivity index (χ0n) is 17.1. The number of phenolic OH excluding ortho intramolecular Hbond substituents is 1. The molecule has 2 aromatic rings. The molecule has 0 fully saturated rings. The van der Waals surface area contributed by atoms with Gasteiger partial charge in [0.25, 0.3) is 0 Å². The van der Waals surface area contributed by atoms with Crippen molar-refractivity contribution in [3.8, 4) is 16.9 Å². The molecule has 0 spiro atoms. The summed E-state index contributed by atoms with van der Waals surface area (Å²) in [6.45, 7) is 12.5. The van der Waals surface area contributed by atoms with Crippen LogP contribution in [0.1, 0.15) is 58.2 Å². The van der Waals surface area contributed by atoms with E-state index in [-0.39, 0.29) is 27.3 Å². The van der Waals surface area contributed by atoms with Crippen molar-refractivity contribution in [2.75, 3.05) is 0 Å². The fraction of sp³-hybridized carbons (Fsp3) is 0.455. The monoisotopic (exact) mass is 413 g/mol. The standard InChI is InChI=1S/C22H27ClF3NO/c1-20(2,3)15-9-14(12-27-21(4,5)6)19(28)16(11-15)13-7-8-18(23)17(10-13)22(24,25)26/h7-11,27-28H,12H2,1-6H3. The van der Waals surface area contributed by atoms with Gasteiger partial charge in [0.05, 0.1) is 10.6 Å². The summed E-state index contributed by atoms with van der Waals surface area (Å²) in [6.07, 6.45) is -4.57. The van der Waals surface area contributed by atoms with Crippen molar-refractivity contribution in [1.82, 2.24) is 5.32 Å². The van der Waals surface area contributed by atoms with Gasteiger partial charge in [-0.3, -0.25) is 0 Å². The van der Waals surface area contributed by atoms with Gasteiger partial charge in [0, 0.05) is 23.2 Å². The lowest BCUT2D eigenvalue weighted by Crippen LogP contribution is -2.35. The average Bonchev–Trinajstić information content (AvgIpc) is 2.51. The lowest BCUT2D eigenvalue weighted by Gasteiger charge is -2.25. The molecule has 154 valence electrons. The van der Waals surface area contributed by atoms with E-state index >= 15 is 0 Å². The van der Waals surface area contributed by atoms with E-state index in [0.717, 1.165) is 11.6 Å². The summed E-state index contributed by atoms with van der Waals surface area (Å²) in [5.41, 5.74) is 0.876. The minimum atomic E-state index is -4.57. The van der Waals surface area contributed by atoms with Gasteiger partial charge < -0.3 is 10.4 Å². The second kappa shape index (κ2) is 7.60. The van der Waals surface area contributed by atoms with E-state index in [0.29, 0.717) is 17.7 Å². The van der Waals surface area contributed by atoms with Crippen LogP contribution in [0.5, 0.6) is 5.75 Å². The molecule has 6 heteroatoms. The van der Waals surface area contributed by atoms with Gasteiger partial charge in [-0.2, -0.15) is 13.2 Å². The van der Waals surface area contributed by atoms with Gasteiger partial charge >= 0.3 is 6.18 Å². The van der Waals surface area contributed by atoms with Crippen molar-refractivity contribution < 1.29 is 18.3 Å². The van der Waals surface area contributed by atoms with Gasteiger partial charge in [-0.1, -0.05) is 44.5 Å². The summed E-state index contributed by atoms with van der Waals surface area (Å²) in [5, 5.41) is 13.8. The maximum absolute atomic E-state index is 13.3. The quantitative estimate of drug-likeness (QED) is 0.572. The molecule has 0 unspecified atom stereocenters. The van der Waals surface area contributed by atoms with E-state index in [4.69, 9.17) is 11.6 Å². The van der Waals surface area contributed by atoms with Crippen LogP contribution in [-0.4, -0.2) is 10.6 Å². The third-order valence-electron chi connectivity index (χ3n) is 4.45. The summed E-state index contributed by atoms with van der Waals surface area (Å²) in [6, 6.07) is 7.36. The summed E-state index contributed by atoms with van der Waals surface area (Å²) in [4.78, 5) is 0. The smallest absolute Gasteiger partial charge is 0.417 e. The molecule has 2 aromatic carbocycles. The van der Waals surface area contributed by atoms with Crippen LogP contribution in [0.4, 0.5) is 13.2 Å². The molecule has 2 nitrogen and oxygen atoms in total. The van der Waals surface area contributed by atoms with Crippen LogP contribution in [0.2, 0.25) is 5.02 Å². The van der Waals surface area contributed by atoms with Crippen LogP contribution in [0, 0.1) is 0 Å². The molecule has 0 aliphatic heterocycles. The molecule has 2 rings (SSSR count). The Morgan fingerprint density at radius 1 is 0.964 bits per heavy atom. The topological polar surface area (TPSA) is 32.3 Å². The maximum Gasteiger partial charge on any atom is 0.417 e. The van der Waals surface area contributed by atoms with Gasteiger partial charge in [-0.15, -0.1) is 0 Å². The first kappa shape index (κ1) is 22.6. The van der Waals surface area contributed by atoms with Crippen molar-refractivity contribution in [3.63, 3.8) is 0 Å². The zero-order chi connectivity index (χ0) is 21.5. The van der Waals surface area contributed by atoms with Crippen LogP contribution >= 0.6 is 11.6 Å². The highest BCUT2D eigenvalue weighted by molar-refractivity contribution is 6.31. The molecule has 0 radical (unpaired) electrons. The normalized spacial score (nSPS) is 13.1. The Labute approximate surface area is 169 Å². The first-order valence-corrected chi connectivity index (χ1v) is 9.46. The van der Waals surface area contributed by atoms with Crippen molar-refractivity contribution in [3.05, 3.63) is 52.0 Å². The van der Waals surface area contributed by atoms with Crippen molar-refractivity contribution >= 4 is 11.6 Å². The van der Waals surface area contributed by atoms with E-state index in [9.17, 15) is 18.3 Å². The second-order valence-electron chi connectivity index (χ2n) is 9.08.